The van der Waals surface area contributed by atoms with Crippen LogP contribution < -0.4 is 9.47 Å². The summed E-state index contributed by atoms with van der Waals surface area (Å²) in [6, 6.07) is 4.30. The van der Waals surface area contributed by atoms with Crippen molar-refractivity contribution in [3.63, 3.8) is 0 Å². The molecule has 0 fully saturated rings. The number of benzene rings is 1. The summed E-state index contributed by atoms with van der Waals surface area (Å²) in [6.45, 7) is 10.5. The zero-order valence-electron chi connectivity index (χ0n) is 18.6. The number of hydrogen-bond acceptors (Lipinski definition) is 6. The molecule has 0 saturated heterocycles. The maximum absolute atomic E-state index is 6.23. The summed E-state index contributed by atoms with van der Waals surface area (Å²) in [5.41, 5.74) is 2.42. The molecule has 0 saturated carbocycles. The van der Waals surface area contributed by atoms with Gasteiger partial charge >= 0.3 is 0 Å². The lowest BCUT2D eigenvalue weighted by atomic mass is 10.0. The van der Waals surface area contributed by atoms with Crippen LogP contribution in [0.25, 0.3) is 11.2 Å². The van der Waals surface area contributed by atoms with Gasteiger partial charge in [-0.1, -0.05) is 45.7 Å². The second-order valence-electron chi connectivity index (χ2n) is 7.80. The predicted octanol–water partition coefficient (Wildman–Crippen LogP) is 6.36. The molecule has 0 aliphatic carbocycles. The largest absolute Gasteiger partial charge is 0.493 e. The average Bonchev–Trinajstić information content (AvgIpc) is 3.12. The first-order valence-electron chi connectivity index (χ1n) is 10.5. The highest BCUT2D eigenvalue weighted by molar-refractivity contribution is 9.10. The highest BCUT2D eigenvalue weighted by Gasteiger charge is 2.22. The molecule has 0 N–H and O–H groups in total. The van der Waals surface area contributed by atoms with E-state index in [1.165, 1.54) is 0 Å². The van der Waals surface area contributed by atoms with E-state index in [1.54, 1.807) is 7.11 Å². The number of aromatic nitrogens is 5. The molecule has 0 spiro atoms. The van der Waals surface area contributed by atoms with Gasteiger partial charge in [0.1, 0.15) is 5.82 Å². The molecular formula is C22H30BrN5O2. The van der Waals surface area contributed by atoms with Gasteiger partial charge in [-0.05, 0) is 59.3 Å². The number of halogens is 1. The molecule has 3 aromatic rings. The van der Waals surface area contributed by atoms with Crippen molar-refractivity contribution in [2.24, 2.45) is 0 Å². The van der Waals surface area contributed by atoms with E-state index in [1.807, 2.05) is 23.7 Å². The van der Waals surface area contributed by atoms with Gasteiger partial charge in [-0.2, -0.15) is 4.98 Å². The van der Waals surface area contributed by atoms with Crippen LogP contribution in [0.3, 0.4) is 0 Å². The predicted molar refractivity (Wildman–Crippen MR) is 122 cm³/mol. The molecule has 2 heterocycles. The van der Waals surface area contributed by atoms with Gasteiger partial charge in [0.15, 0.2) is 22.7 Å². The SMILES string of the molecule is CCCC(CCC)n1nnc2c(Oc3c(Br)cc(C(C)C)cc3OC)nc(C)nc21. The summed E-state index contributed by atoms with van der Waals surface area (Å²) in [6.07, 6.45) is 4.21. The van der Waals surface area contributed by atoms with E-state index >= 15 is 0 Å². The van der Waals surface area contributed by atoms with Gasteiger partial charge in [0, 0.05) is 0 Å². The van der Waals surface area contributed by atoms with Gasteiger partial charge in [0.2, 0.25) is 0 Å². The molecule has 0 bridgehead atoms. The van der Waals surface area contributed by atoms with E-state index in [2.05, 4.69) is 63.9 Å². The van der Waals surface area contributed by atoms with Crippen LogP contribution in [-0.2, 0) is 0 Å². The Bertz CT molecular complexity index is 1010. The second kappa shape index (κ2) is 9.73. The Balaban J connectivity index is 2.08. The van der Waals surface area contributed by atoms with Crippen molar-refractivity contribution in [1.29, 1.82) is 0 Å². The van der Waals surface area contributed by atoms with Crippen LogP contribution in [0, 0.1) is 6.92 Å². The molecule has 0 amide bonds. The van der Waals surface area contributed by atoms with Gasteiger partial charge in [-0.3, -0.25) is 0 Å². The summed E-state index contributed by atoms with van der Waals surface area (Å²) >= 11 is 3.63. The number of aryl methyl sites for hydroxylation is 1. The van der Waals surface area contributed by atoms with Crippen LogP contribution in [0.2, 0.25) is 0 Å². The van der Waals surface area contributed by atoms with Crippen LogP contribution in [0.1, 0.15) is 76.7 Å². The third-order valence-corrected chi connectivity index (χ3v) is 5.70. The highest BCUT2D eigenvalue weighted by atomic mass is 79.9. The van der Waals surface area contributed by atoms with Crippen LogP contribution >= 0.6 is 15.9 Å². The van der Waals surface area contributed by atoms with Crippen LogP contribution in [0.4, 0.5) is 0 Å². The molecule has 0 unspecified atom stereocenters. The van der Waals surface area contributed by atoms with Crippen molar-refractivity contribution in [1.82, 2.24) is 25.0 Å². The Morgan fingerprint density at radius 1 is 1.10 bits per heavy atom. The lowest BCUT2D eigenvalue weighted by molar-refractivity contribution is 0.372. The van der Waals surface area contributed by atoms with Gasteiger partial charge in [-0.15, -0.1) is 5.10 Å². The van der Waals surface area contributed by atoms with Crippen LogP contribution in [0.5, 0.6) is 17.4 Å². The lowest BCUT2D eigenvalue weighted by Gasteiger charge is -2.16. The summed E-state index contributed by atoms with van der Waals surface area (Å²) in [5, 5.41) is 8.80. The first kappa shape index (κ1) is 22.5. The number of nitrogens with zero attached hydrogens (tertiary/aromatic N) is 5. The standard InChI is InChI=1S/C22H30BrN5O2/c1-7-9-16(10-8-2)28-21-19(26-27-28)22(25-14(5)24-21)30-20-17(23)11-15(13(3)4)12-18(20)29-6/h11-13,16H,7-10H2,1-6H3. The lowest BCUT2D eigenvalue weighted by Crippen LogP contribution is -2.11. The molecule has 0 aliphatic heterocycles. The third-order valence-electron chi connectivity index (χ3n) is 5.11. The van der Waals surface area contributed by atoms with Crippen molar-refractivity contribution < 1.29 is 9.47 Å². The summed E-state index contributed by atoms with van der Waals surface area (Å²) < 4.78 is 14.6. The molecule has 30 heavy (non-hydrogen) atoms. The normalized spacial score (nSPS) is 11.6. The maximum atomic E-state index is 6.23. The van der Waals surface area contributed by atoms with Gasteiger partial charge < -0.3 is 9.47 Å². The van der Waals surface area contributed by atoms with Crippen molar-refractivity contribution in [3.8, 4) is 17.4 Å². The van der Waals surface area contributed by atoms with E-state index in [-0.39, 0.29) is 6.04 Å². The van der Waals surface area contributed by atoms with E-state index in [0.29, 0.717) is 40.3 Å². The van der Waals surface area contributed by atoms with E-state index in [0.717, 1.165) is 35.7 Å². The Morgan fingerprint density at radius 3 is 2.40 bits per heavy atom. The fourth-order valence-corrected chi connectivity index (χ4v) is 4.09. The number of fused-ring (bicyclic) bond motifs is 1. The quantitative estimate of drug-likeness (QED) is 0.358. The van der Waals surface area contributed by atoms with Crippen molar-refractivity contribution in [2.75, 3.05) is 7.11 Å². The Labute approximate surface area is 186 Å². The fourth-order valence-electron chi connectivity index (χ4n) is 3.55. The highest BCUT2D eigenvalue weighted by Crippen LogP contribution is 2.41. The van der Waals surface area contributed by atoms with Gasteiger partial charge in [-0.25, -0.2) is 9.67 Å². The molecule has 162 valence electrons. The zero-order valence-corrected chi connectivity index (χ0v) is 20.2. The second-order valence-corrected chi connectivity index (χ2v) is 8.66. The van der Waals surface area contributed by atoms with Gasteiger partial charge in [0.25, 0.3) is 5.88 Å². The zero-order chi connectivity index (χ0) is 21.8. The van der Waals surface area contributed by atoms with E-state index < -0.39 is 0 Å². The summed E-state index contributed by atoms with van der Waals surface area (Å²) in [7, 11) is 1.63. The molecule has 0 atom stereocenters. The van der Waals surface area contributed by atoms with Crippen molar-refractivity contribution in [2.45, 2.75) is 72.3 Å². The topological polar surface area (TPSA) is 75.0 Å². The number of rotatable bonds is 9. The average molecular weight is 476 g/mol. The first-order chi connectivity index (χ1) is 14.4. The van der Waals surface area contributed by atoms with Crippen molar-refractivity contribution >= 4 is 27.1 Å². The van der Waals surface area contributed by atoms with Gasteiger partial charge in [0.05, 0.1) is 17.6 Å². The Hall–Kier alpha value is -2.22. The van der Waals surface area contributed by atoms with Crippen molar-refractivity contribution in [3.05, 3.63) is 28.0 Å². The maximum Gasteiger partial charge on any atom is 0.253 e. The Kier molecular flexibility index (Phi) is 7.28. The summed E-state index contributed by atoms with van der Waals surface area (Å²) in [5.74, 6) is 2.56. The first-order valence-corrected chi connectivity index (χ1v) is 11.3. The minimum Gasteiger partial charge on any atom is -0.493 e. The molecule has 0 radical (unpaired) electrons. The molecule has 3 rings (SSSR count). The van der Waals surface area contributed by atoms with Crippen LogP contribution in [0.15, 0.2) is 16.6 Å². The minimum atomic E-state index is 0.263. The van der Waals surface area contributed by atoms with E-state index in [4.69, 9.17) is 9.47 Å². The molecular weight excluding hydrogens is 446 g/mol. The van der Waals surface area contributed by atoms with Crippen LogP contribution in [-0.4, -0.2) is 32.1 Å². The molecule has 7 nitrogen and oxygen atoms in total. The number of hydrogen-bond donors (Lipinski definition) is 0. The molecule has 0 aliphatic rings. The smallest absolute Gasteiger partial charge is 0.253 e. The molecule has 1 aromatic carbocycles. The monoisotopic (exact) mass is 475 g/mol. The molecule has 2 aromatic heterocycles. The fraction of sp³-hybridized carbons (Fsp3) is 0.545. The number of ether oxygens (including phenoxy) is 2. The molecule has 8 heteroatoms. The summed E-state index contributed by atoms with van der Waals surface area (Å²) in [4.78, 5) is 9.14. The Morgan fingerprint density at radius 2 is 1.80 bits per heavy atom. The minimum absolute atomic E-state index is 0.263. The van der Waals surface area contributed by atoms with E-state index in [9.17, 15) is 0 Å². The third kappa shape index (κ3) is 4.58. The number of methoxy groups -OCH3 is 1.